The van der Waals surface area contributed by atoms with E-state index in [2.05, 4.69) is 26.6 Å². The molecule has 0 bridgehead atoms. The molecule has 0 aliphatic rings. The van der Waals surface area contributed by atoms with Crippen molar-refractivity contribution in [2.75, 3.05) is 30.6 Å². The van der Waals surface area contributed by atoms with E-state index in [1.165, 1.54) is 12.1 Å². The first kappa shape index (κ1) is 30.4. The van der Waals surface area contributed by atoms with Crippen molar-refractivity contribution in [2.45, 2.75) is 38.8 Å². The van der Waals surface area contributed by atoms with E-state index in [-0.39, 0.29) is 37.5 Å². The van der Waals surface area contributed by atoms with Gasteiger partial charge in [0.1, 0.15) is 12.6 Å². The third kappa shape index (κ3) is 11.5. The van der Waals surface area contributed by atoms with Crippen LogP contribution in [0.1, 0.15) is 26.7 Å². The van der Waals surface area contributed by atoms with Crippen molar-refractivity contribution in [1.29, 1.82) is 0 Å². The van der Waals surface area contributed by atoms with Crippen molar-refractivity contribution in [3.8, 4) is 0 Å². The number of esters is 2. The van der Waals surface area contributed by atoms with Crippen molar-refractivity contribution in [3.05, 3.63) is 28.7 Å². The number of nitrogens with two attached hydrogens (primary N) is 1. The van der Waals surface area contributed by atoms with E-state index < -0.39 is 47.6 Å². The van der Waals surface area contributed by atoms with E-state index in [1.807, 2.05) is 0 Å². The minimum Gasteiger partial charge on any atom is -0.466 e. The van der Waals surface area contributed by atoms with Gasteiger partial charge in [-0.1, -0.05) is 27.7 Å². The van der Waals surface area contributed by atoms with Gasteiger partial charge in [0.05, 0.1) is 24.9 Å². The molecule has 0 radical (unpaired) electrons. The maximum Gasteiger partial charge on any atom is 0.325 e. The van der Waals surface area contributed by atoms with Crippen molar-refractivity contribution in [2.24, 2.45) is 5.73 Å². The Hall–Kier alpha value is -2.68. The number of nitrogens with one attached hydrogen (secondary N) is 2. The number of halogens is 1. The zero-order chi connectivity index (χ0) is 26.4. The van der Waals surface area contributed by atoms with Crippen LogP contribution < -0.4 is 21.4 Å². The zero-order valence-electron chi connectivity index (χ0n) is 19.3. The molecule has 35 heavy (non-hydrogen) atoms. The van der Waals surface area contributed by atoms with Crippen LogP contribution in [0, 0.1) is 0 Å². The monoisotopic (exact) mass is 576 g/mol. The van der Waals surface area contributed by atoms with Crippen LogP contribution in [0.4, 0.5) is 10.5 Å². The lowest BCUT2D eigenvalue weighted by Gasteiger charge is -2.21. The normalized spacial score (nSPS) is 12.1. The molecule has 0 aliphatic heterocycles. The number of nitrogens with zero attached hydrogens (tertiary/aromatic N) is 1. The van der Waals surface area contributed by atoms with E-state index in [9.17, 15) is 29.2 Å². The topological polar surface area (TPSA) is 177 Å². The molecule has 3 amide bonds. The quantitative estimate of drug-likeness (QED) is 0.152. The molecule has 1 rings (SSSR count). The van der Waals surface area contributed by atoms with Gasteiger partial charge in [0, 0.05) is 16.6 Å². The highest BCUT2D eigenvalue weighted by molar-refractivity contribution is 9.10. The molecule has 5 N–H and O–H groups in total. The molecule has 1 aromatic carbocycles. The Labute approximate surface area is 215 Å². The summed E-state index contributed by atoms with van der Waals surface area (Å²) in [6, 6.07) is 3.84. The van der Waals surface area contributed by atoms with Crippen LogP contribution in [0.25, 0.3) is 0 Å². The van der Waals surface area contributed by atoms with E-state index >= 15 is 0 Å². The Bertz CT molecular complexity index is 887. The molecule has 1 aromatic rings. The number of carbonyl (C=O) groups is 5. The lowest BCUT2D eigenvalue weighted by molar-refractivity contribution is -0.144. The molecule has 0 saturated heterocycles. The number of hydroxylamine groups is 1. The number of anilines is 1. The average Bonchev–Trinajstić information content (AvgIpc) is 2.83. The number of hydrogen-bond donors (Lipinski definition) is 4. The molecule has 0 heterocycles. The van der Waals surface area contributed by atoms with Crippen LogP contribution in [-0.4, -0.2) is 71.8 Å². The second-order valence-electron chi connectivity index (χ2n) is 6.90. The van der Waals surface area contributed by atoms with E-state index in [0.717, 1.165) is 4.47 Å². The lowest BCUT2D eigenvalue weighted by Crippen LogP contribution is -2.53. The standard InChI is InChI=1S/C21H29BrN4O8S/c1-3-33-17(27)10-9-15(23)19(29)25-16(20(30)24-11-18(28)34-4-2)12-35-21(31)26(32)14-7-5-13(22)6-8-14/h5-8,15-16,32H,3-4,9-12,23H2,1-2H3,(H,24,30)(H,25,29)/t15-,16-/m0/s1. The summed E-state index contributed by atoms with van der Waals surface area (Å²) >= 11 is 3.81. The Balaban J connectivity index is 2.79. The molecule has 194 valence electrons. The number of amides is 3. The summed E-state index contributed by atoms with van der Waals surface area (Å²) < 4.78 is 10.3. The van der Waals surface area contributed by atoms with Gasteiger partial charge in [-0.05, 0) is 44.5 Å². The highest BCUT2D eigenvalue weighted by Crippen LogP contribution is 2.21. The number of thioether (sulfide) groups is 1. The van der Waals surface area contributed by atoms with Crippen LogP contribution in [0.5, 0.6) is 0 Å². The molecule has 0 fully saturated rings. The predicted molar refractivity (Wildman–Crippen MR) is 132 cm³/mol. The summed E-state index contributed by atoms with van der Waals surface area (Å²) in [5.74, 6) is -2.99. The molecule has 12 nitrogen and oxygen atoms in total. The minimum atomic E-state index is -1.28. The van der Waals surface area contributed by atoms with Crippen LogP contribution in [-0.2, 0) is 28.7 Å². The molecular formula is C21H29BrN4O8S. The van der Waals surface area contributed by atoms with Gasteiger partial charge in [-0.2, -0.15) is 5.06 Å². The second kappa shape index (κ2) is 16.1. The van der Waals surface area contributed by atoms with Crippen LogP contribution in [0.3, 0.4) is 0 Å². The fraction of sp³-hybridized carbons (Fsp3) is 0.476. The van der Waals surface area contributed by atoms with Crippen molar-refractivity contribution in [1.82, 2.24) is 10.6 Å². The summed E-state index contributed by atoms with van der Waals surface area (Å²) in [6.45, 7) is 3.12. The molecule has 0 spiro atoms. The molecule has 2 atom stereocenters. The molecule has 0 saturated carbocycles. The van der Waals surface area contributed by atoms with Crippen LogP contribution in [0.2, 0.25) is 0 Å². The van der Waals surface area contributed by atoms with Crippen molar-refractivity contribution in [3.63, 3.8) is 0 Å². The molecule has 0 unspecified atom stereocenters. The predicted octanol–water partition coefficient (Wildman–Crippen LogP) is 1.33. The van der Waals surface area contributed by atoms with Crippen molar-refractivity contribution >= 4 is 62.4 Å². The van der Waals surface area contributed by atoms with E-state index in [0.29, 0.717) is 16.8 Å². The van der Waals surface area contributed by atoms with Crippen molar-refractivity contribution < 1.29 is 38.7 Å². The van der Waals surface area contributed by atoms with Crippen LogP contribution >= 0.6 is 27.7 Å². The maximum atomic E-state index is 12.6. The van der Waals surface area contributed by atoms with Gasteiger partial charge in [-0.3, -0.25) is 29.2 Å². The van der Waals surface area contributed by atoms with Gasteiger partial charge in [-0.15, -0.1) is 0 Å². The van der Waals surface area contributed by atoms with Gasteiger partial charge in [-0.25, -0.2) is 0 Å². The smallest absolute Gasteiger partial charge is 0.325 e. The number of benzene rings is 1. The molecule has 14 heteroatoms. The largest absolute Gasteiger partial charge is 0.466 e. The Kier molecular flexibility index (Phi) is 13.9. The number of hydrogen-bond acceptors (Lipinski definition) is 10. The maximum absolute atomic E-state index is 12.6. The summed E-state index contributed by atoms with van der Waals surface area (Å²) in [6.07, 6.45) is -0.121. The average molecular weight is 577 g/mol. The van der Waals surface area contributed by atoms with Gasteiger partial charge in [0.2, 0.25) is 11.8 Å². The van der Waals surface area contributed by atoms with Gasteiger partial charge < -0.3 is 25.8 Å². The number of carbonyl (C=O) groups excluding carboxylic acids is 5. The van der Waals surface area contributed by atoms with Gasteiger partial charge in [0.25, 0.3) is 0 Å². The lowest BCUT2D eigenvalue weighted by atomic mass is 10.1. The Morgan fingerprint density at radius 3 is 2.26 bits per heavy atom. The van der Waals surface area contributed by atoms with E-state index in [1.54, 1.807) is 26.0 Å². The second-order valence-corrected chi connectivity index (χ2v) is 8.79. The molecule has 0 aromatic heterocycles. The SMILES string of the molecule is CCOC(=O)CC[C@H](N)C(=O)N[C@@H](CSC(=O)N(O)c1ccc(Br)cc1)C(=O)NCC(=O)OCC. The summed E-state index contributed by atoms with van der Waals surface area (Å²) in [5, 5.41) is 14.5. The Morgan fingerprint density at radius 1 is 1.06 bits per heavy atom. The molecular weight excluding hydrogens is 548 g/mol. The third-order valence-electron chi connectivity index (χ3n) is 4.26. The highest BCUT2D eigenvalue weighted by atomic mass is 79.9. The first-order chi connectivity index (χ1) is 16.6. The first-order valence-corrected chi connectivity index (χ1v) is 12.4. The van der Waals surface area contributed by atoms with E-state index in [4.69, 9.17) is 15.2 Å². The fourth-order valence-electron chi connectivity index (χ4n) is 2.50. The summed E-state index contributed by atoms with van der Waals surface area (Å²) in [4.78, 5) is 60.5. The van der Waals surface area contributed by atoms with Gasteiger partial charge in [0.15, 0.2) is 0 Å². The summed E-state index contributed by atoms with van der Waals surface area (Å²) in [5.41, 5.74) is 6.01. The zero-order valence-corrected chi connectivity index (χ0v) is 21.7. The Morgan fingerprint density at radius 2 is 1.66 bits per heavy atom. The number of rotatable bonds is 13. The first-order valence-electron chi connectivity index (χ1n) is 10.6. The summed E-state index contributed by atoms with van der Waals surface area (Å²) in [7, 11) is 0. The number of ether oxygens (including phenoxy) is 2. The van der Waals surface area contributed by atoms with Crippen LogP contribution in [0.15, 0.2) is 28.7 Å². The third-order valence-corrected chi connectivity index (χ3v) is 5.71. The fourth-order valence-corrected chi connectivity index (χ4v) is 3.53. The minimum absolute atomic E-state index is 0.0259. The molecule has 0 aliphatic carbocycles. The van der Waals surface area contributed by atoms with Gasteiger partial charge >= 0.3 is 17.2 Å². The highest BCUT2D eigenvalue weighted by Gasteiger charge is 2.27.